The predicted molar refractivity (Wildman–Crippen MR) is 79.5 cm³/mol. The normalized spacial score (nSPS) is 19.6. The number of ether oxygens (including phenoxy) is 2. The predicted octanol–water partition coefficient (Wildman–Crippen LogP) is -0.308. The summed E-state index contributed by atoms with van der Waals surface area (Å²) >= 11 is 0. The van der Waals surface area contributed by atoms with E-state index >= 15 is 0 Å². The number of hydrogen-bond acceptors (Lipinski definition) is 6. The topological polar surface area (TPSA) is 82.6 Å². The Morgan fingerprint density at radius 1 is 1.57 bits per heavy atom. The molecular weight excluding hydrogens is 272 g/mol. The molecule has 2 rings (SSSR count). The zero-order valence-electron chi connectivity index (χ0n) is 12.5. The van der Waals surface area contributed by atoms with Gasteiger partial charge in [-0.1, -0.05) is 6.92 Å². The van der Waals surface area contributed by atoms with Crippen molar-refractivity contribution in [3.05, 3.63) is 22.6 Å². The summed E-state index contributed by atoms with van der Waals surface area (Å²) in [5.74, 6) is 0.490. The molecule has 118 valence electrons. The van der Waals surface area contributed by atoms with Crippen LogP contribution in [0.5, 0.6) is 5.75 Å². The van der Waals surface area contributed by atoms with Crippen molar-refractivity contribution < 1.29 is 9.47 Å². The Balaban J connectivity index is 1.92. The summed E-state index contributed by atoms with van der Waals surface area (Å²) in [5.41, 5.74) is 5.23. The Hall–Kier alpha value is -1.44. The van der Waals surface area contributed by atoms with E-state index in [1.54, 1.807) is 6.20 Å². The highest BCUT2D eigenvalue weighted by atomic mass is 16.5. The van der Waals surface area contributed by atoms with E-state index in [0.29, 0.717) is 32.1 Å². The number of morpholine rings is 1. The molecule has 21 heavy (non-hydrogen) atoms. The van der Waals surface area contributed by atoms with Crippen molar-refractivity contribution in [2.24, 2.45) is 5.73 Å². The Morgan fingerprint density at radius 3 is 3.14 bits per heavy atom. The largest absolute Gasteiger partial charge is 0.492 e. The second-order valence-corrected chi connectivity index (χ2v) is 5.09. The van der Waals surface area contributed by atoms with E-state index < -0.39 is 0 Å². The van der Waals surface area contributed by atoms with Gasteiger partial charge in [0.2, 0.25) is 0 Å². The van der Waals surface area contributed by atoms with E-state index in [0.717, 1.165) is 26.1 Å². The Bertz CT molecular complexity index is 491. The third-order valence-electron chi connectivity index (χ3n) is 3.51. The molecule has 1 aromatic heterocycles. The first kappa shape index (κ1) is 15.9. The molecule has 0 aromatic carbocycles. The molecule has 1 saturated heterocycles. The lowest BCUT2D eigenvalue weighted by Gasteiger charge is -2.31. The van der Waals surface area contributed by atoms with Gasteiger partial charge in [-0.15, -0.1) is 0 Å². The molecule has 1 fully saturated rings. The van der Waals surface area contributed by atoms with Crippen LogP contribution in [0.2, 0.25) is 0 Å². The van der Waals surface area contributed by atoms with Gasteiger partial charge in [-0.25, -0.2) is 4.68 Å². The third-order valence-corrected chi connectivity index (χ3v) is 3.51. The van der Waals surface area contributed by atoms with Crippen LogP contribution in [0.4, 0.5) is 0 Å². The van der Waals surface area contributed by atoms with Gasteiger partial charge in [0.25, 0.3) is 5.56 Å². The molecule has 1 aromatic rings. The molecule has 1 aliphatic rings. The Labute approximate surface area is 124 Å². The van der Waals surface area contributed by atoms with E-state index in [2.05, 4.69) is 16.9 Å². The molecule has 0 amide bonds. The average molecular weight is 296 g/mol. The van der Waals surface area contributed by atoms with Crippen LogP contribution in [0.25, 0.3) is 0 Å². The molecule has 0 radical (unpaired) electrons. The second-order valence-electron chi connectivity index (χ2n) is 5.09. The maximum atomic E-state index is 12.0. The fraction of sp³-hybridized carbons (Fsp3) is 0.714. The van der Waals surface area contributed by atoms with Crippen molar-refractivity contribution in [3.63, 3.8) is 0 Å². The first-order valence-electron chi connectivity index (χ1n) is 7.47. The van der Waals surface area contributed by atoms with Gasteiger partial charge in [-0.05, 0) is 19.5 Å². The van der Waals surface area contributed by atoms with Crippen LogP contribution in [0, 0.1) is 0 Å². The summed E-state index contributed by atoms with van der Waals surface area (Å²) in [4.78, 5) is 14.3. The molecule has 0 aliphatic carbocycles. The molecule has 7 nitrogen and oxygen atoms in total. The van der Waals surface area contributed by atoms with Crippen LogP contribution < -0.4 is 16.0 Å². The van der Waals surface area contributed by atoms with Crippen LogP contribution in [0.3, 0.4) is 0 Å². The van der Waals surface area contributed by atoms with Crippen LogP contribution in [0.1, 0.15) is 13.3 Å². The lowest BCUT2D eigenvalue weighted by atomic mass is 10.2. The molecule has 0 bridgehead atoms. The van der Waals surface area contributed by atoms with Gasteiger partial charge >= 0.3 is 0 Å². The minimum atomic E-state index is -0.169. The maximum absolute atomic E-state index is 12.0. The fourth-order valence-electron chi connectivity index (χ4n) is 2.28. The number of hydrogen-bond donors (Lipinski definition) is 1. The van der Waals surface area contributed by atoms with E-state index in [1.807, 2.05) is 0 Å². The molecule has 2 N–H and O–H groups in total. The average Bonchev–Trinajstić information content (AvgIpc) is 2.50. The number of nitrogens with zero attached hydrogens (tertiary/aromatic N) is 3. The zero-order chi connectivity index (χ0) is 15.1. The number of likely N-dealkylation sites (N-methyl/N-ethyl adjacent to an activating group) is 1. The summed E-state index contributed by atoms with van der Waals surface area (Å²) in [6, 6.07) is 1.46. The summed E-state index contributed by atoms with van der Waals surface area (Å²) < 4.78 is 12.5. The summed E-state index contributed by atoms with van der Waals surface area (Å²) in [7, 11) is 0. The second kappa shape index (κ2) is 8.11. The van der Waals surface area contributed by atoms with Crippen molar-refractivity contribution in [3.8, 4) is 5.75 Å². The highest BCUT2D eigenvalue weighted by Crippen LogP contribution is 2.07. The smallest absolute Gasteiger partial charge is 0.270 e. The van der Waals surface area contributed by atoms with E-state index in [-0.39, 0.29) is 11.7 Å². The molecule has 7 heteroatoms. The van der Waals surface area contributed by atoms with Gasteiger partial charge in [0.15, 0.2) is 0 Å². The first-order chi connectivity index (χ1) is 10.2. The van der Waals surface area contributed by atoms with E-state index in [4.69, 9.17) is 15.2 Å². The van der Waals surface area contributed by atoms with Gasteiger partial charge in [0.1, 0.15) is 5.75 Å². The van der Waals surface area contributed by atoms with E-state index in [1.165, 1.54) is 10.7 Å². The Kier molecular flexibility index (Phi) is 6.16. The number of aromatic nitrogens is 2. The molecule has 1 aliphatic heterocycles. The van der Waals surface area contributed by atoms with E-state index in [9.17, 15) is 4.79 Å². The van der Waals surface area contributed by atoms with Crippen molar-refractivity contribution in [2.75, 3.05) is 39.4 Å². The first-order valence-corrected chi connectivity index (χ1v) is 7.47. The minimum absolute atomic E-state index is 0.00732. The summed E-state index contributed by atoms with van der Waals surface area (Å²) in [5, 5.41) is 4.15. The summed E-state index contributed by atoms with van der Waals surface area (Å²) in [6.07, 6.45) is 2.33. The van der Waals surface area contributed by atoms with Crippen LogP contribution in [-0.4, -0.2) is 60.2 Å². The lowest BCUT2D eigenvalue weighted by molar-refractivity contribution is -0.0364. The Morgan fingerprint density at radius 2 is 2.43 bits per heavy atom. The quantitative estimate of drug-likeness (QED) is 0.695. The molecule has 1 atom stereocenters. The highest BCUT2D eigenvalue weighted by Gasteiger charge is 2.20. The number of nitrogens with two attached hydrogens (primary N) is 1. The van der Waals surface area contributed by atoms with Gasteiger partial charge < -0.3 is 15.2 Å². The fourth-order valence-corrected chi connectivity index (χ4v) is 2.28. The summed E-state index contributed by atoms with van der Waals surface area (Å²) in [6.45, 7) is 7.14. The molecule has 1 unspecified atom stereocenters. The van der Waals surface area contributed by atoms with Crippen molar-refractivity contribution in [1.82, 2.24) is 14.7 Å². The SMILES string of the molecule is CCN1CCOC(Cn2ncc(OCCCN)cc2=O)C1. The van der Waals surface area contributed by atoms with Crippen molar-refractivity contribution >= 4 is 0 Å². The maximum Gasteiger partial charge on any atom is 0.270 e. The van der Waals surface area contributed by atoms with Crippen LogP contribution in [0.15, 0.2) is 17.1 Å². The molecule has 0 spiro atoms. The van der Waals surface area contributed by atoms with Crippen LogP contribution in [-0.2, 0) is 11.3 Å². The monoisotopic (exact) mass is 296 g/mol. The lowest BCUT2D eigenvalue weighted by Crippen LogP contribution is -2.45. The minimum Gasteiger partial charge on any atom is -0.492 e. The van der Waals surface area contributed by atoms with Gasteiger partial charge in [-0.2, -0.15) is 5.10 Å². The molecule has 2 heterocycles. The van der Waals surface area contributed by atoms with Gasteiger partial charge in [0, 0.05) is 19.2 Å². The van der Waals surface area contributed by atoms with Gasteiger partial charge in [0.05, 0.1) is 32.1 Å². The zero-order valence-corrected chi connectivity index (χ0v) is 12.5. The van der Waals surface area contributed by atoms with Gasteiger partial charge in [-0.3, -0.25) is 9.69 Å². The molecular formula is C14H24N4O3. The van der Waals surface area contributed by atoms with Crippen molar-refractivity contribution in [2.45, 2.75) is 26.0 Å². The highest BCUT2D eigenvalue weighted by molar-refractivity contribution is 5.13. The van der Waals surface area contributed by atoms with Crippen molar-refractivity contribution in [1.29, 1.82) is 0 Å². The number of rotatable bonds is 7. The molecule has 0 saturated carbocycles. The standard InChI is InChI=1S/C14H24N4O3/c1-2-17-5-7-21-13(10-17)11-18-14(19)8-12(9-16-18)20-6-3-4-15/h8-9,13H,2-7,10-11,15H2,1H3. The van der Waals surface area contributed by atoms with Crippen LogP contribution >= 0.6 is 0 Å². The third kappa shape index (κ3) is 4.80.